The minimum absolute atomic E-state index is 0.0612. The topological polar surface area (TPSA) is 101 Å². The summed E-state index contributed by atoms with van der Waals surface area (Å²) in [5.74, 6) is -0.658. The van der Waals surface area contributed by atoms with Crippen LogP contribution >= 0.6 is 0 Å². The molecule has 3 rings (SSSR count). The van der Waals surface area contributed by atoms with Gasteiger partial charge in [0.15, 0.2) is 0 Å². The van der Waals surface area contributed by atoms with Gasteiger partial charge in [-0.3, -0.25) is 4.99 Å². The highest BCUT2D eigenvalue weighted by Gasteiger charge is 2.34. The fourth-order valence-electron chi connectivity index (χ4n) is 3.92. The highest BCUT2D eigenvalue weighted by Crippen LogP contribution is 2.30. The molecule has 0 aromatic heterocycles. The van der Waals surface area contributed by atoms with Crippen LogP contribution in [0.2, 0.25) is 0 Å². The maximum atomic E-state index is 14.9. The number of hydrogen-bond acceptors (Lipinski definition) is 6. The zero-order chi connectivity index (χ0) is 24.9. The van der Waals surface area contributed by atoms with Crippen LogP contribution in [0.15, 0.2) is 45.2 Å². The third-order valence-corrected chi connectivity index (χ3v) is 5.80. The van der Waals surface area contributed by atoms with Gasteiger partial charge in [0.2, 0.25) is 0 Å². The van der Waals surface area contributed by atoms with Crippen molar-refractivity contribution in [3.63, 3.8) is 0 Å². The zero-order valence-corrected chi connectivity index (χ0v) is 19.3. The van der Waals surface area contributed by atoms with E-state index in [-0.39, 0.29) is 23.1 Å². The first-order chi connectivity index (χ1) is 16.1. The van der Waals surface area contributed by atoms with Crippen molar-refractivity contribution in [2.75, 3.05) is 40.4 Å². The highest BCUT2D eigenvalue weighted by atomic mass is 19.4. The number of halogens is 4. The first kappa shape index (κ1) is 25.7. The molecule has 1 fully saturated rings. The summed E-state index contributed by atoms with van der Waals surface area (Å²) in [6.45, 7) is 2.78. The van der Waals surface area contributed by atoms with E-state index in [2.05, 4.69) is 20.2 Å². The van der Waals surface area contributed by atoms with Crippen molar-refractivity contribution in [2.45, 2.75) is 31.5 Å². The van der Waals surface area contributed by atoms with Gasteiger partial charge in [-0.1, -0.05) is 6.07 Å². The first-order valence-corrected chi connectivity index (χ1v) is 11.0. The number of aliphatic imine (C=N–C) groups is 2. The molecule has 0 spiro atoms. The van der Waals surface area contributed by atoms with E-state index in [4.69, 9.17) is 16.2 Å². The average Bonchev–Trinajstić information content (AvgIpc) is 2.79. The lowest BCUT2D eigenvalue weighted by atomic mass is 10.0. The Hall–Kier alpha value is -2.92. The van der Waals surface area contributed by atoms with Crippen LogP contribution in [0.4, 0.5) is 23.2 Å². The number of nitrogens with zero attached hydrogens (tertiary/aromatic N) is 3. The molecular weight excluding hydrogens is 452 g/mol. The van der Waals surface area contributed by atoms with Crippen LogP contribution in [0.3, 0.4) is 0 Å². The van der Waals surface area contributed by atoms with E-state index in [9.17, 15) is 17.6 Å². The summed E-state index contributed by atoms with van der Waals surface area (Å²) in [4.78, 5) is 9.97. The van der Waals surface area contributed by atoms with Gasteiger partial charge in [0.1, 0.15) is 23.0 Å². The molecule has 2 heterocycles. The second kappa shape index (κ2) is 11.0. The minimum Gasteiger partial charge on any atom is -0.394 e. The third kappa shape index (κ3) is 6.35. The molecule has 7 nitrogen and oxygen atoms in total. The average molecular weight is 483 g/mol. The van der Waals surface area contributed by atoms with Crippen molar-refractivity contribution < 1.29 is 22.3 Å². The van der Waals surface area contributed by atoms with Gasteiger partial charge in [-0.2, -0.15) is 13.2 Å². The van der Waals surface area contributed by atoms with E-state index in [0.717, 1.165) is 49.4 Å². The number of allylic oxidation sites excluding steroid dienone is 2. The second-order valence-corrected chi connectivity index (χ2v) is 8.35. The summed E-state index contributed by atoms with van der Waals surface area (Å²) in [5, 5.41) is 3.55. The fourth-order valence-corrected chi connectivity index (χ4v) is 3.92. The van der Waals surface area contributed by atoms with Crippen LogP contribution < -0.4 is 16.8 Å². The maximum Gasteiger partial charge on any atom is 0.431 e. The quantitative estimate of drug-likeness (QED) is 0.329. The van der Waals surface area contributed by atoms with Crippen LogP contribution in [0.25, 0.3) is 5.57 Å². The molecule has 1 aromatic rings. The summed E-state index contributed by atoms with van der Waals surface area (Å²) in [7, 11) is 3.27. The Labute approximate surface area is 196 Å². The van der Waals surface area contributed by atoms with Gasteiger partial charge in [-0.15, -0.1) is 0 Å². The molecule has 0 bridgehead atoms. The number of nitrogens with two attached hydrogens (primary N) is 2. The molecule has 0 radical (unpaired) electrons. The van der Waals surface area contributed by atoms with E-state index >= 15 is 0 Å². The Morgan fingerprint density at radius 2 is 1.94 bits per heavy atom. The smallest absolute Gasteiger partial charge is 0.394 e. The fraction of sp³-hybridized carbons (Fsp3) is 0.478. The summed E-state index contributed by atoms with van der Waals surface area (Å²) in [6, 6.07) is 3.82. The number of ether oxygens (including phenoxy) is 1. The largest absolute Gasteiger partial charge is 0.431 e. The number of rotatable bonds is 6. The number of hydrogen-bond donors (Lipinski definition) is 3. The lowest BCUT2D eigenvalue weighted by Crippen LogP contribution is -2.41. The van der Waals surface area contributed by atoms with Crippen molar-refractivity contribution in [2.24, 2.45) is 21.5 Å². The first-order valence-electron chi connectivity index (χ1n) is 11.0. The van der Waals surface area contributed by atoms with Gasteiger partial charge in [-0.25, -0.2) is 9.38 Å². The standard InChI is InChI=1S/C23H30F4N6O/c1-30-12-16(21(28)23(25,26)27)14-3-4-20(18(24)11-14)32-22(29)17-13-33(2)8-5-19(17)31-15-6-9-34-10-7-15/h3-4,11-12,15,31H,5-10,13,28H2,1-2H3,(H2,29,32). The minimum atomic E-state index is -4.78. The molecule has 0 atom stereocenters. The van der Waals surface area contributed by atoms with Gasteiger partial charge in [0.05, 0.1) is 0 Å². The molecule has 11 heteroatoms. The molecule has 2 aliphatic heterocycles. The number of nitrogens with one attached hydrogen (secondary N) is 1. The third-order valence-electron chi connectivity index (χ3n) is 5.80. The summed E-state index contributed by atoms with van der Waals surface area (Å²) in [5.41, 5.74) is 11.4. The summed E-state index contributed by atoms with van der Waals surface area (Å²) >= 11 is 0. The normalized spacial score (nSPS) is 20.1. The van der Waals surface area contributed by atoms with Crippen molar-refractivity contribution >= 4 is 23.3 Å². The van der Waals surface area contributed by atoms with E-state index in [0.29, 0.717) is 19.8 Å². The summed E-state index contributed by atoms with van der Waals surface area (Å²) in [6.07, 6.45) is -1.30. The van der Waals surface area contributed by atoms with E-state index in [1.54, 1.807) is 0 Å². The molecule has 0 saturated carbocycles. The van der Waals surface area contributed by atoms with Crippen LogP contribution in [-0.2, 0) is 4.74 Å². The molecule has 2 aliphatic rings. The molecule has 0 aliphatic carbocycles. The Morgan fingerprint density at radius 1 is 1.24 bits per heavy atom. The van der Waals surface area contributed by atoms with E-state index < -0.39 is 23.3 Å². The van der Waals surface area contributed by atoms with Gasteiger partial charge in [-0.05, 0) is 37.6 Å². The Morgan fingerprint density at radius 3 is 2.56 bits per heavy atom. The van der Waals surface area contributed by atoms with Gasteiger partial charge < -0.3 is 26.4 Å². The lowest BCUT2D eigenvalue weighted by molar-refractivity contribution is -0.0918. The zero-order valence-electron chi connectivity index (χ0n) is 19.3. The van der Waals surface area contributed by atoms with Gasteiger partial charge >= 0.3 is 6.18 Å². The monoisotopic (exact) mass is 482 g/mol. The Balaban J connectivity index is 1.93. The predicted octanol–water partition coefficient (Wildman–Crippen LogP) is 3.11. The van der Waals surface area contributed by atoms with E-state index in [1.807, 2.05) is 7.05 Å². The van der Waals surface area contributed by atoms with Crippen molar-refractivity contribution in [3.05, 3.63) is 46.5 Å². The van der Waals surface area contributed by atoms with E-state index in [1.165, 1.54) is 19.2 Å². The number of amidine groups is 1. The maximum absolute atomic E-state index is 14.9. The number of benzene rings is 1. The molecule has 186 valence electrons. The molecule has 34 heavy (non-hydrogen) atoms. The Kier molecular flexibility index (Phi) is 8.32. The van der Waals surface area contributed by atoms with Crippen LogP contribution in [-0.4, -0.2) is 69.6 Å². The molecular formula is C23H30F4N6O. The van der Waals surface area contributed by atoms with Gasteiger partial charge in [0, 0.05) is 68.9 Å². The van der Waals surface area contributed by atoms with Crippen LogP contribution in [0, 0.1) is 5.82 Å². The van der Waals surface area contributed by atoms with Gasteiger partial charge in [0.25, 0.3) is 0 Å². The molecule has 1 saturated heterocycles. The number of alkyl halides is 3. The molecule has 0 unspecified atom stereocenters. The Bertz CT molecular complexity index is 1010. The molecule has 1 aromatic carbocycles. The molecule has 5 N–H and O–H groups in total. The lowest BCUT2D eigenvalue weighted by Gasteiger charge is -2.32. The highest BCUT2D eigenvalue weighted by molar-refractivity contribution is 6.11. The van der Waals surface area contributed by atoms with Crippen LogP contribution in [0.1, 0.15) is 24.8 Å². The number of likely N-dealkylation sites (N-methyl/N-ethyl adjacent to an activating group) is 1. The second-order valence-electron chi connectivity index (χ2n) is 8.35. The SMILES string of the molecule is CN=CC(=C(N)C(F)(F)F)c1ccc(N=C(N)C2=C(NC3CCOCC3)CCN(C)C2)c(F)c1. The summed E-state index contributed by atoms with van der Waals surface area (Å²) < 4.78 is 59.6. The van der Waals surface area contributed by atoms with Crippen molar-refractivity contribution in [1.82, 2.24) is 10.2 Å². The van der Waals surface area contributed by atoms with Crippen molar-refractivity contribution in [3.8, 4) is 0 Å². The molecule has 0 amide bonds. The van der Waals surface area contributed by atoms with Crippen LogP contribution in [0.5, 0.6) is 0 Å². The predicted molar refractivity (Wildman–Crippen MR) is 125 cm³/mol. The van der Waals surface area contributed by atoms with Crippen molar-refractivity contribution in [1.29, 1.82) is 0 Å².